The average molecular weight is 385 g/mol. The summed E-state index contributed by atoms with van der Waals surface area (Å²) in [5, 5.41) is 14.1. The molecule has 0 saturated carbocycles. The fourth-order valence-electron chi connectivity index (χ4n) is 2.37. The average Bonchev–Trinajstić information content (AvgIpc) is 2.66. The molecule has 2 aromatic carbocycles. The summed E-state index contributed by atoms with van der Waals surface area (Å²) < 4.78 is 5.33. The first-order chi connectivity index (χ1) is 13.1. The van der Waals surface area contributed by atoms with Gasteiger partial charge in [0.25, 0.3) is 5.56 Å². The second-order valence-corrected chi connectivity index (χ2v) is 5.90. The zero-order valence-corrected chi connectivity index (χ0v) is 15.2. The zero-order chi connectivity index (χ0) is 19.2. The highest BCUT2D eigenvalue weighted by Crippen LogP contribution is 2.34. The Kier molecular flexibility index (Phi) is 5.73. The van der Waals surface area contributed by atoms with Crippen molar-refractivity contribution in [1.29, 1.82) is 0 Å². The number of hydrogen-bond acceptors (Lipinski definition) is 6. The van der Waals surface area contributed by atoms with E-state index in [1.165, 1.54) is 12.3 Å². The lowest BCUT2D eigenvalue weighted by Gasteiger charge is -2.08. The normalized spacial score (nSPS) is 10.9. The lowest BCUT2D eigenvalue weighted by atomic mass is 10.1. The molecule has 0 fully saturated rings. The summed E-state index contributed by atoms with van der Waals surface area (Å²) in [5.74, 6) is 0.349. The van der Waals surface area contributed by atoms with Gasteiger partial charge in [-0.05, 0) is 24.6 Å². The standard InChI is InChI=1S/C19H17ClN4O3/c1-2-27-16-9-12(8-14(20)18(16)26)11-21-24-19-22-15(10-17(25)23-19)13-6-4-3-5-7-13/h3-11,26H,2H2,1H3,(H2,22,23,24,25)/b21-11-. The smallest absolute Gasteiger partial charge is 0.252 e. The number of phenolic OH excluding ortho intramolecular Hbond substituents is 1. The van der Waals surface area contributed by atoms with Crippen LogP contribution in [0.5, 0.6) is 11.5 Å². The van der Waals surface area contributed by atoms with Crippen molar-refractivity contribution in [3.8, 4) is 22.8 Å². The van der Waals surface area contributed by atoms with Gasteiger partial charge in [0.1, 0.15) is 0 Å². The highest BCUT2D eigenvalue weighted by atomic mass is 35.5. The maximum absolute atomic E-state index is 11.9. The molecule has 0 spiro atoms. The van der Waals surface area contributed by atoms with Crippen molar-refractivity contribution in [3.05, 3.63) is 69.5 Å². The number of hydrazone groups is 1. The predicted molar refractivity (Wildman–Crippen MR) is 106 cm³/mol. The summed E-state index contributed by atoms with van der Waals surface area (Å²) in [6.45, 7) is 2.19. The Morgan fingerprint density at radius 1 is 1.30 bits per heavy atom. The van der Waals surface area contributed by atoms with Crippen LogP contribution in [0.3, 0.4) is 0 Å². The molecule has 0 saturated heterocycles. The lowest BCUT2D eigenvalue weighted by molar-refractivity contribution is 0.318. The van der Waals surface area contributed by atoms with E-state index in [1.807, 2.05) is 30.3 Å². The molecule has 0 atom stereocenters. The third-order valence-electron chi connectivity index (χ3n) is 3.55. The van der Waals surface area contributed by atoms with Gasteiger partial charge >= 0.3 is 0 Å². The van der Waals surface area contributed by atoms with E-state index in [2.05, 4.69) is 20.5 Å². The quantitative estimate of drug-likeness (QED) is 0.445. The van der Waals surface area contributed by atoms with E-state index >= 15 is 0 Å². The number of phenols is 1. The highest BCUT2D eigenvalue weighted by molar-refractivity contribution is 6.32. The topological polar surface area (TPSA) is 99.6 Å². The van der Waals surface area contributed by atoms with Crippen molar-refractivity contribution < 1.29 is 9.84 Å². The van der Waals surface area contributed by atoms with Crippen LogP contribution in [-0.4, -0.2) is 27.9 Å². The second-order valence-electron chi connectivity index (χ2n) is 5.50. The highest BCUT2D eigenvalue weighted by Gasteiger charge is 2.08. The van der Waals surface area contributed by atoms with Crippen molar-refractivity contribution in [2.75, 3.05) is 12.0 Å². The van der Waals surface area contributed by atoms with Gasteiger partial charge in [-0.25, -0.2) is 10.4 Å². The molecule has 1 heterocycles. The molecule has 0 aliphatic heterocycles. The number of H-pyrrole nitrogens is 1. The van der Waals surface area contributed by atoms with Gasteiger partial charge in [0.05, 0.1) is 23.5 Å². The van der Waals surface area contributed by atoms with Crippen molar-refractivity contribution >= 4 is 23.8 Å². The molecule has 7 nitrogen and oxygen atoms in total. The minimum absolute atomic E-state index is 0.120. The monoisotopic (exact) mass is 384 g/mol. The number of anilines is 1. The van der Waals surface area contributed by atoms with Crippen LogP contribution in [0.1, 0.15) is 12.5 Å². The summed E-state index contributed by atoms with van der Waals surface area (Å²) in [5.41, 5.74) is 4.35. The molecule has 3 N–H and O–H groups in total. The van der Waals surface area contributed by atoms with Crippen molar-refractivity contribution in [2.24, 2.45) is 5.10 Å². The van der Waals surface area contributed by atoms with Crippen molar-refractivity contribution in [1.82, 2.24) is 9.97 Å². The van der Waals surface area contributed by atoms with Gasteiger partial charge in [0, 0.05) is 11.6 Å². The fraction of sp³-hybridized carbons (Fsp3) is 0.105. The van der Waals surface area contributed by atoms with Crippen molar-refractivity contribution in [3.63, 3.8) is 0 Å². The Labute approximate surface area is 160 Å². The van der Waals surface area contributed by atoms with E-state index in [0.29, 0.717) is 17.9 Å². The number of ether oxygens (including phenoxy) is 1. The van der Waals surface area contributed by atoms with Gasteiger partial charge in [-0.1, -0.05) is 41.9 Å². The molecule has 3 aromatic rings. The molecule has 27 heavy (non-hydrogen) atoms. The second kappa shape index (κ2) is 8.37. The summed E-state index contributed by atoms with van der Waals surface area (Å²) >= 11 is 5.99. The van der Waals surface area contributed by atoms with E-state index in [4.69, 9.17) is 16.3 Å². The Balaban J connectivity index is 1.81. The number of halogens is 1. The Morgan fingerprint density at radius 3 is 2.81 bits per heavy atom. The van der Waals surface area contributed by atoms with Gasteiger partial charge in [0.2, 0.25) is 5.95 Å². The van der Waals surface area contributed by atoms with E-state index in [9.17, 15) is 9.90 Å². The summed E-state index contributed by atoms with van der Waals surface area (Å²) in [7, 11) is 0. The van der Waals surface area contributed by atoms with Crippen LogP contribution in [-0.2, 0) is 0 Å². The number of benzene rings is 2. The summed E-state index contributed by atoms with van der Waals surface area (Å²) in [6.07, 6.45) is 1.48. The first kappa shape index (κ1) is 18.5. The molecular formula is C19H17ClN4O3. The number of nitrogens with zero attached hydrogens (tertiary/aromatic N) is 2. The molecule has 0 aliphatic carbocycles. The van der Waals surface area contributed by atoms with Crippen LogP contribution >= 0.6 is 11.6 Å². The molecule has 1 aromatic heterocycles. The summed E-state index contributed by atoms with van der Waals surface area (Å²) in [4.78, 5) is 18.8. The molecule has 0 bridgehead atoms. The number of hydrogen-bond donors (Lipinski definition) is 3. The third-order valence-corrected chi connectivity index (χ3v) is 3.83. The van der Waals surface area contributed by atoms with Crippen LogP contribution in [0, 0.1) is 0 Å². The molecule has 0 aliphatic rings. The molecule has 0 radical (unpaired) electrons. The van der Waals surface area contributed by atoms with Crippen LogP contribution in [0.4, 0.5) is 5.95 Å². The molecule has 138 valence electrons. The first-order valence-electron chi connectivity index (χ1n) is 8.18. The maximum atomic E-state index is 11.9. The van der Waals surface area contributed by atoms with Gasteiger partial charge < -0.3 is 9.84 Å². The number of aromatic nitrogens is 2. The molecule has 0 unspecified atom stereocenters. The zero-order valence-electron chi connectivity index (χ0n) is 14.4. The minimum Gasteiger partial charge on any atom is -0.503 e. The predicted octanol–water partition coefficient (Wildman–Crippen LogP) is 3.64. The van der Waals surface area contributed by atoms with Gasteiger partial charge in [-0.3, -0.25) is 9.78 Å². The Hall–Kier alpha value is -3.32. The lowest BCUT2D eigenvalue weighted by Crippen LogP contribution is -2.10. The molecule has 8 heteroatoms. The fourth-order valence-corrected chi connectivity index (χ4v) is 2.59. The van der Waals surface area contributed by atoms with Crippen LogP contribution in [0.2, 0.25) is 5.02 Å². The molecule has 0 amide bonds. The first-order valence-corrected chi connectivity index (χ1v) is 8.56. The maximum Gasteiger partial charge on any atom is 0.252 e. The van der Waals surface area contributed by atoms with E-state index in [0.717, 1.165) is 5.56 Å². The number of aromatic hydroxyl groups is 1. The van der Waals surface area contributed by atoms with Crippen LogP contribution in [0.25, 0.3) is 11.3 Å². The minimum atomic E-state index is -0.298. The van der Waals surface area contributed by atoms with Crippen molar-refractivity contribution in [2.45, 2.75) is 6.92 Å². The van der Waals surface area contributed by atoms with E-state index < -0.39 is 0 Å². The van der Waals surface area contributed by atoms with Gasteiger partial charge in [-0.15, -0.1) is 0 Å². The Bertz CT molecular complexity index is 1020. The molecule has 3 rings (SSSR count). The number of nitrogens with one attached hydrogen (secondary N) is 2. The van der Waals surface area contributed by atoms with Crippen LogP contribution in [0.15, 0.2) is 58.4 Å². The van der Waals surface area contributed by atoms with Crippen LogP contribution < -0.4 is 15.7 Å². The van der Waals surface area contributed by atoms with E-state index in [-0.39, 0.29) is 28.0 Å². The number of aromatic amines is 1. The SMILES string of the molecule is CCOc1cc(/C=N\Nc2nc(-c3ccccc3)cc(=O)[nH]2)cc(Cl)c1O. The largest absolute Gasteiger partial charge is 0.503 e. The van der Waals surface area contributed by atoms with Gasteiger partial charge in [0.15, 0.2) is 11.5 Å². The molecular weight excluding hydrogens is 368 g/mol. The van der Waals surface area contributed by atoms with Gasteiger partial charge in [-0.2, -0.15) is 5.10 Å². The third kappa shape index (κ3) is 4.65. The Morgan fingerprint density at radius 2 is 2.07 bits per heavy atom. The number of rotatable bonds is 6. The van der Waals surface area contributed by atoms with E-state index in [1.54, 1.807) is 19.1 Å². The summed E-state index contributed by atoms with van der Waals surface area (Å²) in [6, 6.07) is 13.9.